The van der Waals surface area contributed by atoms with Gasteiger partial charge in [0, 0.05) is 24.6 Å². The van der Waals surface area contributed by atoms with Crippen LogP contribution in [0.4, 0.5) is 17.3 Å². The van der Waals surface area contributed by atoms with Crippen LogP contribution in [0.5, 0.6) is 0 Å². The molecule has 0 radical (unpaired) electrons. The van der Waals surface area contributed by atoms with Gasteiger partial charge in [0.25, 0.3) is 0 Å². The lowest BCUT2D eigenvalue weighted by Gasteiger charge is -2.25. The zero-order valence-electron chi connectivity index (χ0n) is 15.2. The number of hydrogen-bond acceptors (Lipinski definition) is 7. The molecule has 1 saturated heterocycles. The van der Waals surface area contributed by atoms with Gasteiger partial charge in [-0.05, 0) is 53.0 Å². The van der Waals surface area contributed by atoms with Gasteiger partial charge in [0.2, 0.25) is 0 Å². The van der Waals surface area contributed by atoms with Gasteiger partial charge in [-0.3, -0.25) is 0 Å². The molecule has 0 spiro atoms. The van der Waals surface area contributed by atoms with Gasteiger partial charge < -0.3 is 15.3 Å². The first-order valence-electron chi connectivity index (χ1n) is 8.86. The largest absolute Gasteiger partial charge is 0.394 e. The van der Waals surface area contributed by atoms with Crippen LogP contribution in [0, 0.1) is 0 Å². The van der Waals surface area contributed by atoms with E-state index in [0.717, 1.165) is 35.4 Å². The van der Waals surface area contributed by atoms with Crippen LogP contribution in [0.3, 0.4) is 0 Å². The molecule has 1 atom stereocenters. The van der Waals surface area contributed by atoms with Gasteiger partial charge in [-0.25, -0.2) is 13.4 Å². The second-order valence-electron chi connectivity index (χ2n) is 6.82. The molecule has 2 N–H and O–H groups in total. The summed E-state index contributed by atoms with van der Waals surface area (Å²) >= 11 is 3.48. The Hall–Kier alpha value is -2.17. The Kier molecular flexibility index (Phi) is 5.02. The molecule has 2 aromatic heterocycles. The third kappa shape index (κ3) is 3.59. The molecule has 0 aliphatic carbocycles. The molecule has 0 bridgehead atoms. The Balaban J connectivity index is 1.73. The molecular formula is C18H20BrN5O3S. The van der Waals surface area contributed by atoms with Gasteiger partial charge in [0.1, 0.15) is 11.6 Å². The number of halogens is 1. The first-order valence-corrected chi connectivity index (χ1v) is 11.5. The summed E-state index contributed by atoms with van der Waals surface area (Å²) in [5.74, 6) is 1.46. The average Bonchev–Trinajstić information content (AvgIpc) is 3.28. The van der Waals surface area contributed by atoms with Crippen molar-refractivity contribution in [3.05, 3.63) is 41.0 Å². The SMILES string of the molecule is CS(=O)(=O)c1ccc(Nc2cc(N3CCC[C@H]3CO)nc3c(Br)cnn23)cc1. The molecular weight excluding hydrogens is 446 g/mol. The number of benzene rings is 1. The molecule has 3 heterocycles. The van der Waals surface area contributed by atoms with Crippen LogP contribution in [-0.2, 0) is 9.84 Å². The highest BCUT2D eigenvalue weighted by Crippen LogP contribution is 2.30. The number of rotatable bonds is 5. The van der Waals surface area contributed by atoms with Crippen LogP contribution in [0.2, 0.25) is 0 Å². The van der Waals surface area contributed by atoms with E-state index in [1.165, 1.54) is 6.26 Å². The summed E-state index contributed by atoms with van der Waals surface area (Å²) in [4.78, 5) is 7.09. The van der Waals surface area contributed by atoms with Crippen molar-refractivity contribution >= 4 is 48.7 Å². The Bertz CT molecular complexity index is 1110. The van der Waals surface area contributed by atoms with E-state index in [4.69, 9.17) is 4.98 Å². The van der Waals surface area contributed by atoms with Crippen LogP contribution in [-0.4, -0.2) is 53.6 Å². The predicted octanol–water partition coefficient (Wildman–Crippen LogP) is 2.60. The summed E-state index contributed by atoms with van der Waals surface area (Å²) in [6.45, 7) is 0.922. The summed E-state index contributed by atoms with van der Waals surface area (Å²) in [5.41, 5.74) is 1.40. The number of fused-ring (bicyclic) bond motifs is 1. The lowest BCUT2D eigenvalue weighted by Crippen LogP contribution is -2.32. The van der Waals surface area contributed by atoms with E-state index in [-0.39, 0.29) is 17.5 Å². The maximum absolute atomic E-state index is 11.7. The van der Waals surface area contributed by atoms with Gasteiger partial charge in [-0.15, -0.1) is 0 Å². The highest BCUT2D eigenvalue weighted by molar-refractivity contribution is 9.10. The minimum absolute atomic E-state index is 0.0542. The number of hydrogen-bond donors (Lipinski definition) is 2. The maximum atomic E-state index is 11.7. The van der Waals surface area contributed by atoms with Crippen LogP contribution >= 0.6 is 15.9 Å². The van der Waals surface area contributed by atoms with Crippen molar-refractivity contribution in [1.29, 1.82) is 0 Å². The molecule has 4 rings (SSSR count). The topological polar surface area (TPSA) is 99.8 Å². The quantitative estimate of drug-likeness (QED) is 0.596. The summed E-state index contributed by atoms with van der Waals surface area (Å²) in [6.07, 6.45) is 4.80. The molecule has 10 heteroatoms. The molecule has 1 aliphatic rings. The molecule has 1 aromatic carbocycles. The third-order valence-corrected chi connectivity index (χ3v) is 6.54. The smallest absolute Gasteiger partial charge is 0.175 e. The standard InChI is InChI=1S/C18H20BrN5O3S/c1-28(26,27)14-6-4-12(5-7-14)21-17-9-16(23-8-2-3-13(23)11-25)22-18-15(19)10-20-24(17)18/h4-7,9-10,13,21,25H,2-3,8,11H2,1H3/t13-/m0/s1. The van der Waals surface area contributed by atoms with Gasteiger partial charge in [0.15, 0.2) is 15.5 Å². The highest BCUT2D eigenvalue weighted by Gasteiger charge is 2.26. The first kappa shape index (κ1) is 19.2. The highest BCUT2D eigenvalue weighted by atomic mass is 79.9. The zero-order chi connectivity index (χ0) is 19.9. The fourth-order valence-electron chi connectivity index (χ4n) is 3.42. The lowest BCUT2D eigenvalue weighted by atomic mass is 10.2. The van der Waals surface area contributed by atoms with Crippen LogP contribution in [0.25, 0.3) is 5.65 Å². The number of anilines is 3. The average molecular weight is 466 g/mol. The second-order valence-corrected chi connectivity index (χ2v) is 9.69. The Morgan fingerprint density at radius 2 is 2.07 bits per heavy atom. The number of sulfone groups is 1. The number of nitrogens with zero attached hydrogens (tertiary/aromatic N) is 4. The van der Waals surface area contributed by atoms with E-state index < -0.39 is 9.84 Å². The number of aromatic nitrogens is 3. The third-order valence-electron chi connectivity index (χ3n) is 4.85. The molecule has 0 saturated carbocycles. The minimum atomic E-state index is -3.24. The zero-order valence-corrected chi connectivity index (χ0v) is 17.6. The number of nitrogens with one attached hydrogen (secondary N) is 1. The lowest BCUT2D eigenvalue weighted by molar-refractivity contribution is 0.266. The summed E-state index contributed by atoms with van der Waals surface area (Å²) in [7, 11) is -3.24. The van der Waals surface area contributed by atoms with E-state index in [1.807, 2.05) is 6.07 Å². The van der Waals surface area contributed by atoms with E-state index in [0.29, 0.717) is 11.5 Å². The van der Waals surface area contributed by atoms with Crippen molar-refractivity contribution in [2.24, 2.45) is 0 Å². The molecule has 148 valence electrons. The van der Waals surface area contributed by atoms with Gasteiger partial charge in [-0.2, -0.15) is 9.61 Å². The van der Waals surface area contributed by atoms with E-state index in [1.54, 1.807) is 35.0 Å². The summed E-state index contributed by atoms with van der Waals surface area (Å²) in [5, 5.41) is 17.3. The molecule has 0 amide bonds. The summed E-state index contributed by atoms with van der Waals surface area (Å²) in [6, 6.07) is 8.51. The van der Waals surface area contributed by atoms with Crippen molar-refractivity contribution in [3.8, 4) is 0 Å². The minimum Gasteiger partial charge on any atom is -0.394 e. The van der Waals surface area contributed by atoms with Crippen molar-refractivity contribution in [2.45, 2.75) is 23.8 Å². The maximum Gasteiger partial charge on any atom is 0.175 e. The first-order chi connectivity index (χ1) is 13.4. The monoisotopic (exact) mass is 465 g/mol. The van der Waals surface area contributed by atoms with E-state index in [2.05, 4.69) is 31.2 Å². The molecule has 8 nitrogen and oxygen atoms in total. The van der Waals surface area contributed by atoms with Crippen LogP contribution in [0.15, 0.2) is 45.9 Å². The normalized spacial score (nSPS) is 17.4. The van der Waals surface area contributed by atoms with Gasteiger partial charge in [-0.1, -0.05) is 0 Å². The fraction of sp³-hybridized carbons (Fsp3) is 0.333. The summed E-state index contributed by atoms with van der Waals surface area (Å²) < 4.78 is 25.8. The molecule has 3 aromatic rings. The Labute approximate surface area is 171 Å². The van der Waals surface area contributed by atoms with Gasteiger partial charge >= 0.3 is 0 Å². The molecule has 1 fully saturated rings. The van der Waals surface area contributed by atoms with Crippen molar-refractivity contribution in [3.63, 3.8) is 0 Å². The van der Waals surface area contributed by atoms with Crippen LogP contribution in [0.1, 0.15) is 12.8 Å². The molecule has 1 aliphatic heterocycles. The Morgan fingerprint density at radius 1 is 1.32 bits per heavy atom. The fourth-order valence-corrected chi connectivity index (χ4v) is 4.40. The van der Waals surface area contributed by atoms with Gasteiger partial charge in [0.05, 0.1) is 28.2 Å². The number of aliphatic hydroxyl groups excluding tert-OH is 1. The van der Waals surface area contributed by atoms with Crippen molar-refractivity contribution in [2.75, 3.05) is 29.6 Å². The van der Waals surface area contributed by atoms with Crippen molar-refractivity contribution < 1.29 is 13.5 Å². The van der Waals surface area contributed by atoms with Crippen LogP contribution < -0.4 is 10.2 Å². The Morgan fingerprint density at radius 3 is 2.75 bits per heavy atom. The molecule has 28 heavy (non-hydrogen) atoms. The molecule has 0 unspecified atom stereocenters. The second kappa shape index (κ2) is 7.34. The van der Waals surface area contributed by atoms with Crippen molar-refractivity contribution in [1.82, 2.24) is 14.6 Å². The van der Waals surface area contributed by atoms with E-state index in [9.17, 15) is 13.5 Å². The predicted molar refractivity (Wildman–Crippen MR) is 111 cm³/mol. The number of aliphatic hydroxyl groups is 1. The van der Waals surface area contributed by atoms with E-state index >= 15 is 0 Å².